The first-order valence-electron chi connectivity index (χ1n) is 10.9. The quantitative estimate of drug-likeness (QED) is 0.188. The number of hydrogen-bond donors (Lipinski definition) is 4. The second kappa shape index (κ2) is 21.0. The minimum Gasteiger partial charge on any atom is -0.395 e. The van der Waals surface area contributed by atoms with Crippen LogP contribution in [-0.4, -0.2) is 77.7 Å². The van der Waals surface area contributed by atoms with Crippen molar-refractivity contribution in [3.63, 3.8) is 0 Å². The molecule has 0 spiro atoms. The van der Waals surface area contributed by atoms with Gasteiger partial charge >= 0.3 is 10.4 Å². The Balaban J connectivity index is 0. The van der Waals surface area contributed by atoms with Crippen LogP contribution in [0.4, 0.5) is 0 Å². The van der Waals surface area contributed by atoms with Crippen LogP contribution >= 0.6 is 0 Å². The molecule has 29 heavy (non-hydrogen) atoms. The molecule has 9 heteroatoms. The average molecular weight is 444 g/mol. The van der Waals surface area contributed by atoms with Crippen LogP contribution in [0.2, 0.25) is 0 Å². The van der Waals surface area contributed by atoms with Crippen molar-refractivity contribution >= 4 is 10.4 Å². The zero-order valence-electron chi connectivity index (χ0n) is 18.6. The molecule has 0 radical (unpaired) electrons. The van der Waals surface area contributed by atoms with E-state index in [4.69, 9.17) is 27.4 Å². The molecule has 0 aliphatic heterocycles. The Hall–Kier alpha value is -0.290. The van der Waals surface area contributed by atoms with Crippen molar-refractivity contribution in [3.05, 3.63) is 0 Å². The lowest BCUT2D eigenvalue weighted by molar-refractivity contribution is 0.00704. The highest BCUT2D eigenvalue weighted by molar-refractivity contribution is 7.79. The summed E-state index contributed by atoms with van der Waals surface area (Å²) in [6, 6.07) is 0.328. The Kier molecular flexibility index (Phi) is 22.3. The van der Waals surface area contributed by atoms with Crippen LogP contribution in [0.3, 0.4) is 0 Å². The average Bonchev–Trinajstić information content (AvgIpc) is 2.60. The van der Waals surface area contributed by atoms with Crippen LogP contribution in [0.5, 0.6) is 0 Å². The van der Waals surface area contributed by atoms with Gasteiger partial charge in [-0.3, -0.25) is 14.0 Å². The minimum absolute atomic E-state index is 0.129. The number of nitrogens with zero attached hydrogens (tertiary/aromatic N) is 1. The monoisotopic (exact) mass is 443 g/mol. The molecule has 4 N–H and O–H groups in total. The van der Waals surface area contributed by atoms with Crippen LogP contribution in [0.1, 0.15) is 85.0 Å². The third kappa shape index (κ3) is 30.0. The first kappa shape index (κ1) is 30.9. The molecule has 0 amide bonds. The van der Waals surface area contributed by atoms with E-state index >= 15 is 0 Å². The van der Waals surface area contributed by atoms with Crippen LogP contribution in [-0.2, 0) is 15.1 Å². The van der Waals surface area contributed by atoms with Gasteiger partial charge in [0.2, 0.25) is 0 Å². The molecule has 0 heterocycles. The molecule has 0 aromatic heterocycles. The number of aliphatic hydroxyl groups excluding tert-OH is 2. The fourth-order valence-corrected chi connectivity index (χ4v) is 2.92. The maximum absolute atomic E-state index is 10.0. The molecule has 0 bridgehead atoms. The van der Waals surface area contributed by atoms with E-state index in [9.17, 15) is 5.11 Å². The van der Waals surface area contributed by atoms with E-state index in [0.717, 1.165) is 13.0 Å². The van der Waals surface area contributed by atoms with Gasteiger partial charge in [0, 0.05) is 25.7 Å². The third-order valence-corrected chi connectivity index (χ3v) is 4.52. The molecule has 0 aromatic rings. The molecule has 0 aliphatic rings. The van der Waals surface area contributed by atoms with E-state index < -0.39 is 16.5 Å². The van der Waals surface area contributed by atoms with Crippen molar-refractivity contribution in [2.24, 2.45) is 0 Å². The Labute approximate surface area is 178 Å². The second-order valence-corrected chi connectivity index (χ2v) is 8.57. The van der Waals surface area contributed by atoms with E-state index in [1.807, 2.05) is 0 Å². The molecule has 1 atom stereocenters. The van der Waals surface area contributed by atoms with Crippen molar-refractivity contribution in [3.8, 4) is 0 Å². The van der Waals surface area contributed by atoms with Crippen molar-refractivity contribution < 1.29 is 32.5 Å². The Morgan fingerprint density at radius 1 is 0.897 bits per heavy atom. The molecule has 8 nitrogen and oxygen atoms in total. The molecule has 0 rings (SSSR count). The van der Waals surface area contributed by atoms with Gasteiger partial charge in [-0.05, 0) is 20.3 Å². The summed E-state index contributed by atoms with van der Waals surface area (Å²) in [5, 5.41) is 19.0. The maximum atomic E-state index is 10.0. The Morgan fingerprint density at radius 3 is 1.76 bits per heavy atom. The molecule has 1 unspecified atom stereocenters. The highest BCUT2D eigenvalue weighted by atomic mass is 32.3. The summed E-state index contributed by atoms with van der Waals surface area (Å²) in [5.41, 5.74) is 0. The molecule has 0 aromatic carbocycles. The lowest BCUT2D eigenvalue weighted by atomic mass is 10.1. The highest BCUT2D eigenvalue weighted by Crippen LogP contribution is 2.10. The van der Waals surface area contributed by atoms with E-state index in [2.05, 4.69) is 25.7 Å². The summed E-state index contributed by atoms with van der Waals surface area (Å²) < 4.78 is 37.2. The van der Waals surface area contributed by atoms with Gasteiger partial charge < -0.3 is 14.9 Å². The van der Waals surface area contributed by atoms with Crippen molar-refractivity contribution in [1.82, 2.24) is 4.90 Å². The zero-order chi connectivity index (χ0) is 22.5. The zero-order valence-corrected chi connectivity index (χ0v) is 19.4. The number of unbranched alkanes of at least 4 members (excludes halogenated alkanes) is 9. The molecule has 0 saturated carbocycles. The van der Waals surface area contributed by atoms with E-state index in [1.165, 1.54) is 57.8 Å². The SMILES string of the molecule is CCCCCCCCCCCCOCC(O)CN(CCO)C(C)C.O=S(=O)(O)O. The summed E-state index contributed by atoms with van der Waals surface area (Å²) in [7, 11) is -4.67. The molecule has 0 aliphatic carbocycles. The van der Waals surface area contributed by atoms with Crippen LogP contribution < -0.4 is 0 Å². The van der Waals surface area contributed by atoms with Gasteiger partial charge in [-0.1, -0.05) is 64.7 Å². The first-order chi connectivity index (χ1) is 13.6. The van der Waals surface area contributed by atoms with Gasteiger partial charge in [0.1, 0.15) is 0 Å². The van der Waals surface area contributed by atoms with Gasteiger partial charge in [-0.2, -0.15) is 8.42 Å². The van der Waals surface area contributed by atoms with Crippen molar-refractivity contribution in [2.75, 3.05) is 32.9 Å². The number of ether oxygens (including phenoxy) is 1. The first-order valence-corrected chi connectivity index (χ1v) is 12.3. The predicted octanol–water partition coefficient (Wildman–Crippen LogP) is 3.33. The lowest BCUT2D eigenvalue weighted by Crippen LogP contribution is -2.40. The topological polar surface area (TPSA) is 128 Å². The summed E-state index contributed by atoms with van der Waals surface area (Å²) in [5.74, 6) is 0. The maximum Gasteiger partial charge on any atom is 0.394 e. The molecular weight excluding hydrogens is 398 g/mol. The largest absolute Gasteiger partial charge is 0.395 e. The standard InChI is InChI=1S/C20H43NO3.H2O4S/c1-4-5-6-7-8-9-10-11-12-13-16-24-18-20(23)17-21(14-15-22)19(2)3;1-5(2,3)4/h19-20,22-23H,4-18H2,1-3H3;(H2,1,2,3,4). The van der Waals surface area contributed by atoms with Gasteiger partial charge in [0.25, 0.3) is 0 Å². The Bertz CT molecular complexity index is 425. The van der Waals surface area contributed by atoms with E-state index in [1.54, 1.807) is 0 Å². The fraction of sp³-hybridized carbons (Fsp3) is 1.00. The second-order valence-electron chi connectivity index (χ2n) is 7.67. The van der Waals surface area contributed by atoms with Gasteiger partial charge in [0.05, 0.1) is 19.3 Å². The number of aliphatic hydroxyl groups is 2. The minimum atomic E-state index is -4.67. The van der Waals surface area contributed by atoms with Crippen LogP contribution in [0, 0.1) is 0 Å². The summed E-state index contributed by atoms with van der Waals surface area (Å²) in [6.07, 6.45) is 12.8. The molecular formula is C20H45NO7S. The number of hydrogen-bond acceptors (Lipinski definition) is 6. The predicted molar refractivity (Wildman–Crippen MR) is 117 cm³/mol. The fourth-order valence-electron chi connectivity index (χ4n) is 2.92. The van der Waals surface area contributed by atoms with Gasteiger partial charge in [-0.25, -0.2) is 0 Å². The van der Waals surface area contributed by atoms with Crippen molar-refractivity contribution in [2.45, 2.75) is 97.1 Å². The highest BCUT2D eigenvalue weighted by Gasteiger charge is 2.14. The summed E-state index contributed by atoms with van der Waals surface area (Å²) in [6.45, 7) is 8.85. The molecule has 0 fully saturated rings. The van der Waals surface area contributed by atoms with Crippen LogP contribution in [0.25, 0.3) is 0 Å². The third-order valence-electron chi connectivity index (χ3n) is 4.52. The summed E-state index contributed by atoms with van der Waals surface area (Å²) in [4.78, 5) is 2.08. The van der Waals surface area contributed by atoms with Gasteiger partial charge in [0.15, 0.2) is 0 Å². The Morgan fingerprint density at radius 2 is 1.34 bits per heavy atom. The van der Waals surface area contributed by atoms with Crippen molar-refractivity contribution in [1.29, 1.82) is 0 Å². The normalized spacial score (nSPS) is 12.9. The van der Waals surface area contributed by atoms with Crippen LogP contribution in [0.15, 0.2) is 0 Å². The lowest BCUT2D eigenvalue weighted by Gasteiger charge is -2.27. The molecule has 0 saturated heterocycles. The number of rotatable bonds is 18. The smallest absolute Gasteiger partial charge is 0.394 e. The molecule has 178 valence electrons. The van der Waals surface area contributed by atoms with E-state index in [-0.39, 0.29) is 6.61 Å². The van der Waals surface area contributed by atoms with Gasteiger partial charge in [-0.15, -0.1) is 0 Å². The summed E-state index contributed by atoms with van der Waals surface area (Å²) >= 11 is 0. The van der Waals surface area contributed by atoms with E-state index in [0.29, 0.717) is 25.7 Å².